The third-order valence-electron chi connectivity index (χ3n) is 4.74. The predicted octanol–water partition coefficient (Wildman–Crippen LogP) is 5.33. The molecule has 0 bridgehead atoms. The van der Waals surface area contributed by atoms with Crippen LogP contribution in [-0.4, -0.2) is 17.6 Å². The van der Waals surface area contributed by atoms with Crippen LogP contribution in [0.4, 0.5) is 14.9 Å². The maximum absolute atomic E-state index is 16.4. The van der Waals surface area contributed by atoms with Crippen LogP contribution in [0.5, 0.6) is 0 Å². The standard InChI is InChI=1S/C23H20FNO3/c1-22(2,3)28-21(27)25-19-11-7-6-10-18(19)23(24,20(25)26)17-13-12-15-8-4-5-9-16(15)14-17/h4-14H,1-3H3/t23-/m0/s1. The van der Waals surface area contributed by atoms with Crippen molar-refractivity contribution in [3.8, 4) is 0 Å². The fraction of sp³-hybridized carbons (Fsp3) is 0.217. The Bertz CT molecular complexity index is 1100. The van der Waals surface area contributed by atoms with Crippen molar-refractivity contribution >= 4 is 28.5 Å². The maximum atomic E-state index is 16.4. The van der Waals surface area contributed by atoms with Crippen LogP contribution in [0.15, 0.2) is 66.7 Å². The van der Waals surface area contributed by atoms with Crippen molar-refractivity contribution in [3.63, 3.8) is 0 Å². The molecule has 28 heavy (non-hydrogen) atoms. The first-order chi connectivity index (χ1) is 13.2. The maximum Gasteiger partial charge on any atom is 0.421 e. The molecule has 1 aliphatic rings. The summed E-state index contributed by atoms with van der Waals surface area (Å²) in [5.41, 5.74) is -2.73. The van der Waals surface area contributed by atoms with E-state index >= 15 is 4.39 Å². The van der Waals surface area contributed by atoms with Gasteiger partial charge in [-0.05, 0) is 43.7 Å². The van der Waals surface area contributed by atoms with Crippen molar-refractivity contribution in [1.29, 1.82) is 0 Å². The Morgan fingerprint density at radius 1 is 0.964 bits per heavy atom. The summed E-state index contributed by atoms with van der Waals surface area (Å²) in [7, 11) is 0. The number of nitrogens with zero attached hydrogens (tertiary/aromatic N) is 1. The van der Waals surface area contributed by atoms with E-state index in [-0.39, 0.29) is 16.8 Å². The molecule has 4 rings (SSSR count). The number of para-hydroxylation sites is 1. The van der Waals surface area contributed by atoms with Crippen molar-refractivity contribution in [2.75, 3.05) is 4.90 Å². The van der Waals surface area contributed by atoms with Gasteiger partial charge in [-0.2, -0.15) is 0 Å². The molecule has 0 saturated carbocycles. The molecule has 3 aromatic rings. The van der Waals surface area contributed by atoms with E-state index in [9.17, 15) is 9.59 Å². The molecule has 1 atom stereocenters. The molecular formula is C23H20FNO3. The van der Waals surface area contributed by atoms with E-state index in [0.29, 0.717) is 0 Å². The number of carbonyl (C=O) groups is 2. The van der Waals surface area contributed by atoms with E-state index in [1.165, 1.54) is 6.07 Å². The van der Waals surface area contributed by atoms with Crippen LogP contribution in [0.1, 0.15) is 31.9 Å². The smallest absolute Gasteiger partial charge is 0.421 e. The SMILES string of the molecule is CC(C)(C)OC(=O)N1C(=O)[C@](F)(c2ccc3ccccc3c2)c2ccccc21. The minimum absolute atomic E-state index is 0.140. The fourth-order valence-corrected chi connectivity index (χ4v) is 3.51. The number of hydrogen-bond acceptors (Lipinski definition) is 3. The lowest BCUT2D eigenvalue weighted by atomic mass is 9.88. The van der Waals surface area contributed by atoms with Crippen molar-refractivity contribution in [2.24, 2.45) is 0 Å². The summed E-state index contributed by atoms with van der Waals surface area (Å²) in [6.07, 6.45) is -0.884. The molecule has 0 unspecified atom stereocenters. The van der Waals surface area contributed by atoms with Crippen molar-refractivity contribution in [3.05, 3.63) is 77.9 Å². The van der Waals surface area contributed by atoms with Crippen molar-refractivity contribution < 1.29 is 18.7 Å². The van der Waals surface area contributed by atoms with Crippen LogP contribution < -0.4 is 4.90 Å². The van der Waals surface area contributed by atoms with Gasteiger partial charge in [-0.25, -0.2) is 14.1 Å². The summed E-state index contributed by atoms with van der Waals surface area (Å²) in [6, 6.07) is 19.0. The summed E-state index contributed by atoms with van der Waals surface area (Å²) in [4.78, 5) is 26.7. The summed E-state index contributed by atoms with van der Waals surface area (Å²) >= 11 is 0. The third kappa shape index (κ3) is 2.74. The first-order valence-electron chi connectivity index (χ1n) is 9.07. The van der Waals surface area contributed by atoms with Gasteiger partial charge in [0.05, 0.1) is 5.69 Å². The molecule has 0 aromatic heterocycles. The molecule has 1 aliphatic heterocycles. The Kier molecular flexibility index (Phi) is 4.00. The van der Waals surface area contributed by atoms with Crippen molar-refractivity contribution in [1.82, 2.24) is 0 Å². The molecule has 3 aromatic carbocycles. The summed E-state index contributed by atoms with van der Waals surface area (Å²) in [5.74, 6) is -0.960. The van der Waals surface area contributed by atoms with Gasteiger partial charge in [-0.3, -0.25) is 4.79 Å². The highest BCUT2D eigenvalue weighted by Crippen LogP contribution is 2.48. The number of hydrogen-bond donors (Lipinski definition) is 0. The van der Waals surface area contributed by atoms with Crippen LogP contribution in [-0.2, 0) is 15.2 Å². The molecular weight excluding hydrogens is 357 g/mol. The predicted molar refractivity (Wildman–Crippen MR) is 106 cm³/mol. The zero-order chi connectivity index (χ0) is 20.1. The van der Waals surface area contributed by atoms with E-state index in [1.807, 2.05) is 24.3 Å². The molecule has 0 saturated heterocycles. The second kappa shape index (κ2) is 6.16. The van der Waals surface area contributed by atoms with E-state index in [4.69, 9.17) is 4.74 Å². The highest BCUT2D eigenvalue weighted by Gasteiger charge is 2.56. The number of ether oxygens (including phenoxy) is 1. The van der Waals surface area contributed by atoms with Crippen molar-refractivity contribution in [2.45, 2.75) is 32.0 Å². The lowest BCUT2D eigenvalue weighted by Crippen LogP contribution is -2.44. The minimum Gasteiger partial charge on any atom is -0.443 e. The van der Waals surface area contributed by atoms with Crippen LogP contribution in [0.25, 0.3) is 10.8 Å². The number of halogens is 1. The Morgan fingerprint density at radius 3 is 2.32 bits per heavy atom. The highest BCUT2D eigenvalue weighted by molar-refractivity contribution is 6.21. The van der Waals surface area contributed by atoms with Gasteiger partial charge in [-0.15, -0.1) is 0 Å². The second-order valence-corrected chi connectivity index (χ2v) is 7.86. The van der Waals surface area contributed by atoms with Gasteiger partial charge in [0.25, 0.3) is 5.91 Å². The van der Waals surface area contributed by atoms with E-state index in [2.05, 4.69) is 0 Å². The molecule has 0 N–H and O–H groups in total. The van der Waals surface area contributed by atoms with Gasteiger partial charge >= 0.3 is 6.09 Å². The molecule has 142 valence electrons. The summed E-state index contributed by atoms with van der Waals surface area (Å²) < 4.78 is 21.8. The van der Waals surface area contributed by atoms with Crippen LogP contribution >= 0.6 is 0 Å². The van der Waals surface area contributed by atoms with Gasteiger partial charge in [0, 0.05) is 11.1 Å². The monoisotopic (exact) mass is 377 g/mol. The summed E-state index contributed by atoms with van der Waals surface area (Å²) in [5, 5.41) is 1.76. The normalized spacial score (nSPS) is 19.0. The molecule has 5 heteroatoms. The largest absolute Gasteiger partial charge is 0.443 e. The quantitative estimate of drug-likeness (QED) is 0.575. The highest BCUT2D eigenvalue weighted by atomic mass is 19.1. The average molecular weight is 377 g/mol. The van der Waals surface area contributed by atoms with E-state index in [0.717, 1.165) is 15.7 Å². The lowest BCUT2D eigenvalue weighted by molar-refractivity contribution is -0.126. The molecule has 0 spiro atoms. The van der Waals surface area contributed by atoms with Gasteiger partial charge in [0.2, 0.25) is 5.67 Å². The number of amides is 2. The van der Waals surface area contributed by atoms with Gasteiger partial charge in [0.1, 0.15) is 5.60 Å². The Morgan fingerprint density at radius 2 is 1.61 bits per heavy atom. The topological polar surface area (TPSA) is 46.6 Å². The first kappa shape index (κ1) is 18.2. The fourth-order valence-electron chi connectivity index (χ4n) is 3.51. The number of rotatable bonds is 1. The number of alkyl halides is 1. The Labute approximate surface area is 162 Å². The van der Waals surface area contributed by atoms with E-state index < -0.39 is 23.3 Å². The summed E-state index contributed by atoms with van der Waals surface area (Å²) in [6.45, 7) is 5.09. The number of benzene rings is 3. The second-order valence-electron chi connectivity index (χ2n) is 7.86. The molecule has 1 heterocycles. The molecule has 4 nitrogen and oxygen atoms in total. The zero-order valence-corrected chi connectivity index (χ0v) is 15.9. The van der Waals surface area contributed by atoms with Crippen LogP contribution in [0, 0.1) is 0 Å². The lowest BCUT2D eigenvalue weighted by Gasteiger charge is -2.25. The van der Waals surface area contributed by atoms with Gasteiger partial charge in [0.15, 0.2) is 0 Å². The van der Waals surface area contributed by atoms with Crippen LogP contribution in [0.3, 0.4) is 0 Å². The van der Waals surface area contributed by atoms with Crippen LogP contribution in [0.2, 0.25) is 0 Å². The Hall–Kier alpha value is -3.21. The number of imide groups is 1. The minimum atomic E-state index is -2.46. The number of carbonyl (C=O) groups excluding carboxylic acids is 2. The van der Waals surface area contributed by atoms with Gasteiger partial charge in [-0.1, -0.05) is 54.6 Å². The molecule has 0 aliphatic carbocycles. The molecule has 0 radical (unpaired) electrons. The average Bonchev–Trinajstić information content (AvgIpc) is 2.89. The molecule has 0 fully saturated rings. The zero-order valence-electron chi connectivity index (χ0n) is 15.9. The van der Waals surface area contributed by atoms with E-state index in [1.54, 1.807) is 57.2 Å². The Balaban J connectivity index is 1.87. The number of fused-ring (bicyclic) bond motifs is 2. The first-order valence-corrected chi connectivity index (χ1v) is 9.07. The molecule has 2 amide bonds. The van der Waals surface area contributed by atoms with Gasteiger partial charge < -0.3 is 4.74 Å². The third-order valence-corrected chi connectivity index (χ3v) is 4.74. The number of anilines is 1.